The highest BCUT2D eigenvalue weighted by molar-refractivity contribution is 6.35. The molecule has 0 bridgehead atoms. The summed E-state index contributed by atoms with van der Waals surface area (Å²) in [5.74, 6) is -0.265. The van der Waals surface area contributed by atoms with Gasteiger partial charge in [0, 0.05) is 42.1 Å². The summed E-state index contributed by atoms with van der Waals surface area (Å²) in [6.45, 7) is 13.2. The van der Waals surface area contributed by atoms with Gasteiger partial charge in [-0.05, 0) is 63.2 Å². The summed E-state index contributed by atoms with van der Waals surface area (Å²) in [6.07, 6.45) is 3.79. The van der Waals surface area contributed by atoms with Crippen molar-refractivity contribution in [3.63, 3.8) is 0 Å². The molecule has 2 aromatic rings. The van der Waals surface area contributed by atoms with E-state index in [9.17, 15) is 14.4 Å². The summed E-state index contributed by atoms with van der Waals surface area (Å²) in [6, 6.07) is 5.11. The molecule has 0 saturated heterocycles. The number of nitrogens with zero attached hydrogens (tertiary/aromatic N) is 1. The van der Waals surface area contributed by atoms with Crippen LogP contribution in [-0.4, -0.2) is 53.8 Å². The maximum absolute atomic E-state index is 12.9. The zero-order valence-corrected chi connectivity index (χ0v) is 21.3. The molecule has 188 valence electrons. The minimum Gasteiger partial charge on any atom is -0.427 e. The number of carbonyl (C=O) groups is 3. The van der Waals surface area contributed by atoms with Gasteiger partial charge in [0.05, 0.1) is 11.1 Å². The van der Waals surface area contributed by atoms with Crippen molar-refractivity contribution in [3.05, 3.63) is 46.3 Å². The van der Waals surface area contributed by atoms with Crippen LogP contribution in [0.25, 0.3) is 11.6 Å². The first-order valence-corrected chi connectivity index (χ1v) is 12.4. The van der Waals surface area contributed by atoms with Gasteiger partial charge in [-0.15, -0.1) is 0 Å². The number of aryl methyl sites for hydroxylation is 1. The number of unbranched alkanes of at least 4 members (excludes halogenated alkanes) is 1. The number of aromatic amines is 1. The number of ether oxygens (including phenoxy) is 1. The Morgan fingerprint density at radius 3 is 2.57 bits per heavy atom. The summed E-state index contributed by atoms with van der Waals surface area (Å²) in [5.41, 5.74) is 4.57. The van der Waals surface area contributed by atoms with Crippen molar-refractivity contribution in [3.8, 4) is 5.75 Å². The molecule has 1 aliphatic heterocycles. The van der Waals surface area contributed by atoms with Crippen LogP contribution >= 0.6 is 0 Å². The third kappa shape index (κ3) is 6.19. The molecule has 2 heterocycles. The van der Waals surface area contributed by atoms with E-state index in [-0.39, 0.29) is 17.8 Å². The maximum atomic E-state index is 12.9. The summed E-state index contributed by atoms with van der Waals surface area (Å²) in [7, 11) is 0. The Kier molecular flexibility index (Phi) is 8.87. The number of aromatic nitrogens is 1. The Morgan fingerprint density at radius 2 is 1.89 bits per heavy atom. The first kappa shape index (κ1) is 26.2. The van der Waals surface area contributed by atoms with Crippen molar-refractivity contribution >= 4 is 35.1 Å². The van der Waals surface area contributed by atoms with Crippen LogP contribution in [0.3, 0.4) is 0 Å². The number of hydrogen-bond acceptors (Lipinski definition) is 5. The van der Waals surface area contributed by atoms with E-state index in [2.05, 4.69) is 34.4 Å². The van der Waals surface area contributed by atoms with E-state index < -0.39 is 0 Å². The fraction of sp³-hybridized carbons (Fsp3) is 0.444. The van der Waals surface area contributed by atoms with Crippen molar-refractivity contribution in [1.82, 2.24) is 15.2 Å². The molecular formula is C27H36N4O4. The Balaban J connectivity index is 1.81. The molecule has 1 aliphatic rings. The second-order valence-electron chi connectivity index (χ2n) is 8.74. The number of nitrogens with one attached hydrogen (secondary N) is 3. The molecule has 0 radical (unpaired) electrons. The van der Waals surface area contributed by atoms with Gasteiger partial charge in [-0.3, -0.25) is 14.4 Å². The summed E-state index contributed by atoms with van der Waals surface area (Å²) < 4.78 is 5.45. The summed E-state index contributed by atoms with van der Waals surface area (Å²) >= 11 is 0. The van der Waals surface area contributed by atoms with E-state index in [1.165, 1.54) is 0 Å². The average Bonchev–Trinajstić information content (AvgIpc) is 3.29. The Bertz CT molecular complexity index is 1130. The monoisotopic (exact) mass is 480 g/mol. The lowest BCUT2D eigenvalue weighted by Crippen LogP contribution is -2.35. The largest absolute Gasteiger partial charge is 0.427 e. The molecule has 3 N–H and O–H groups in total. The number of anilines is 1. The third-order valence-electron chi connectivity index (χ3n) is 6.34. The van der Waals surface area contributed by atoms with Gasteiger partial charge in [-0.1, -0.05) is 27.2 Å². The number of benzene rings is 1. The summed E-state index contributed by atoms with van der Waals surface area (Å²) in [4.78, 5) is 43.1. The SMILES string of the molecule is CCCCC(=O)Oc1ccc2c(c1)/C(=C/c1[nH]c(C)c(C(=O)NCCN(CC)CC)c1C)C(=O)N2. The lowest BCUT2D eigenvalue weighted by molar-refractivity contribution is -0.134. The minimum absolute atomic E-state index is 0.134. The molecule has 0 saturated carbocycles. The highest BCUT2D eigenvalue weighted by Gasteiger charge is 2.26. The van der Waals surface area contributed by atoms with E-state index in [0.717, 1.165) is 43.7 Å². The van der Waals surface area contributed by atoms with E-state index >= 15 is 0 Å². The number of likely N-dealkylation sites (N-methyl/N-ethyl adjacent to an activating group) is 1. The van der Waals surface area contributed by atoms with Gasteiger partial charge in [-0.25, -0.2) is 0 Å². The molecule has 2 amide bonds. The van der Waals surface area contributed by atoms with Crippen molar-refractivity contribution in [2.75, 3.05) is 31.5 Å². The van der Waals surface area contributed by atoms with E-state index in [4.69, 9.17) is 4.74 Å². The van der Waals surface area contributed by atoms with E-state index in [0.29, 0.717) is 46.8 Å². The fourth-order valence-electron chi connectivity index (χ4n) is 4.24. The first-order valence-electron chi connectivity index (χ1n) is 12.4. The standard InChI is InChI=1S/C27H36N4O4/c1-6-9-10-24(32)35-19-11-12-22-20(15-19)21(26(33)30-22)16-23-17(4)25(18(5)29-23)27(34)28-13-14-31(7-2)8-3/h11-12,15-16,29H,6-10,13-14H2,1-5H3,(H,28,34)(H,30,33)/b21-16-. The molecule has 8 heteroatoms. The quantitative estimate of drug-likeness (QED) is 0.253. The topological polar surface area (TPSA) is 104 Å². The fourth-order valence-corrected chi connectivity index (χ4v) is 4.24. The molecule has 0 fully saturated rings. The second-order valence-corrected chi connectivity index (χ2v) is 8.74. The number of esters is 1. The minimum atomic E-state index is -0.290. The van der Waals surface area contributed by atoms with Crippen LogP contribution in [0.2, 0.25) is 0 Å². The van der Waals surface area contributed by atoms with Crippen molar-refractivity contribution in [2.45, 2.75) is 53.9 Å². The van der Waals surface area contributed by atoms with Crippen LogP contribution in [0.1, 0.15) is 72.9 Å². The van der Waals surface area contributed by atoms with Crippen LogP contribution in [0.15, 0.2) is 18.2 Å². The second kappa shape index (κ2) is 11.8. The van der Waals surface area contributed by atoms with E-state index in [1.54, 1.807) is 24.3 Å². The van der Waals surface area contributed by atoms with Gasteiger partial charge < -0.3 is 25.3 Å². The van der Waals surface area contributed by atoms with Gasteiger partial charge in [-0.2, -0.15) is 0 Å². The molecule has 1 aromatic heterocycles. The predicted octanol–water partition coefficient (Wildman–Crippen LogP) is 4.29. The molecule has 3 rings (SSSR count). The van der Waals surface area contributed by atoms with Crippen molar-refractivity contribution < 1.29 is 19.1 Å². The lowest BCUT2D eigenvalue weighted by Gasteiger charge is -2.18. The highest BCUT2D eigenvalue weighted by Crippen LogP contribution is 2.36. The zero-order chi connectivity index (χ0) is 25.5. The number of H-pyrrole nitrogens is 1. The van der Waals surface area contributed by atoms with Crippen molar-refractivity contribution in [2.24, 2.45) is 0 Å². The van der Waals surface area contributed by atoms with Gasteiger partial charge in [0.25, 0.3) is 11.8 Å². The molecule has 1 aromatic carbocycles. The Labute approximate surface area is 207 Å². The highest BCUT2D eigenvalue weighted by atomic mass is 16.5. The van der Waals surface area contributed by atoms with Crippen LogP contribution in [0.5, 0.6) is 5.75 Å². The van der Waals surface area contributed by atoms with Gasteiger partial charge in [0.2, 0.25) is 0 Å². The average molecular weight is 481 g/mol. The number of carbonyl (C=O) groups excluding carboxylic acids is 3. The van der Waals surface area contributed by atoms with Gasteiger partial charge in [0.1, 0.15) is 5.75 Å². The third-order valence-corrected chi connectivity index (χ3v) is 6.34. The van der Waals surface area contributed by atoms with Crippen LogP contribution < -0.4 is 15.4 Å². The zero-order valence-electron chi connectivity index (χ0n) is 21.3. The number of hydrogen-bond donors (Lipinski definition) is 3. The van der Waals surface area contributed by atoms with E-state index in [1.807, 2.05) is 20.8 Å². The predicted molar refractivity (Wildman–Crippen MR) is 138 cm³/mol. The smallest absolute Gasteiger partial charge is 0.311 e. The van der Waals surface area contributed by atoms with Crippen LogP contribution in [0.4, 0.5) is 5.69 Å². The molecule has 0 atom stereocenters. The number of rotatable bonds is 11. The van der Waals surface area contributed by atoms with Crippen molar-refractivity contribution in [1.29, 1.82) is 0 Å². The van der Waals surface area contributed by atoms with Crippen LogP contribution in [-0.2, 0) is 9.59 Å². The molecule has 0 spiro atoms. The molecule has 0 unspecified atom stereocenters. The first-order chi connectivity index (χ1) is 16.8. The van der Waals surface area contributed by atoms with Gasteiger partial charge in [0.15, 0.2) is 0 Å². The lowest BCUT2D eigenvalue weighted by atomic mass is 10.0. The molecule has 8 nitrogen and oxygen atoms in total. The maximum Gasteiger partial charge on any atom is 0.311 e. The summed E-state index contributed by atoms with van der Waals surface area (Å²) in [5, 5.41) is 5.85. The number of amides is 2. The van der Waals surface area contributed by atoms with Crippen LogP contribution in [0, 0.1) is 13.8 Å². The normalized spacial score (nSPS) is 13.8. The Hall–Kier alpha value is -3.39. The molecular weight excluding hydrogens is 444 g/mol. The molecule has 35 heavy (non-hydrogen) atoms. The van der Waals surface area contributed by atoms with Gasteiger partial charge >= 0.3 is 5.97 Å². The molecule has 0 aliphatic carbocycles. The Morgan fingerprint density at radius 1 is 1.14 bits per heavy atom. The number of fused-ring (bicyclic) bond motifs is 1.